The first kappa shape index (κ1) is 32.6. The summed E-state index contributed by atoms with van der Waals surface area (Å²) in [6.07, 6.45) is 9.87. The Bertz CT molecular complexity index is 1790. The van der Waals surface area contributed by atoms with Gasteiger partial charge in [0.05, 0.1) is 42.2 Å². The SMILES string of the molecule is CC1=C(C(=O)O)C(c2cccc([N+](=O)[O-])c2)C(CCOC(=O)CC(c2ccc(Cn3ccnc3)cc2)n2ccnc2)(C(=O)O)C(C)N1. The first-order chi connectivity index (χ1) is 22.5. The molecule has 0 saturated carbocycles. The summed E-state index contributed by atoms with van der Waals surface area (Å²) in [5.74, 6) is -4.57. The molecule has 0 spiro atoms. The molecule has 4 unspecified atom stereocenters. The number of aliphatic carboxylic acids is 2. The minimum absolute atomic E-state index is 0.0845. The molecular weight excluding hydrogens is 608 g/mol. The largest absolute Gasteiger partial charge is 0.481 e. The Morgan fingerprint density at radius 1 is 1.09 bits per heavy atom. The quantitative estimate of drug-likeness (QED) is 0.108. The third kappa shape index (κ3) is 6.76. The second-order valence-electron chi connectivity index (χ2n) is 11.5. The number of nitro benzene ring substituents is 1. The third-order valence-corrected chi connectivity index (χ3v) is 8.77. The summed E-state index contributed by atoms with van der Waals surface area (Å²) in [6.45, 7) is 3.42. The van der Waals surface area contributed by atoms with Gasteiger partial charge < -0.3 is 29.4 Å². The number of nitrogens with one attached hydrogen (secondary N) is 1. The molecule has 3 N–H and O–H groups in total. The van der Waals surface area contributed by atoms with Gasteiger partial charge in [-0.3, -0.25) is 19.7 Å². The first-order valence-corrected chi connectivity index (χ1v) is 14.9. The highest BCUT2D eigenvalue weighted by molar-refractivity contribution is 5.93. The van der Waals surface area contributed by atoms with Gasteiger partial charge in [-0.25, -0.2) is 14.8 Å². The zero-order chi connectivity index (χ0) is 33.7. The molecule has 47 heavy (non-hydrogen) atoms. The molecule has 0 saturated heterocycles. The monoisotopic (exact) mass is 642 g/mol. The van der Waals surface area contributed by atoms with Gasteiger partial charge in [0.1, 0.15) is 5.41 Å². The molecule has 1 aliphatic rings. The summed E-state index contributed by atoms with van der Waals surface area (Å²) in [7, 11) is 0. The van der Waals surface area contributed by atoms with Gasteiger partial charge >= 0.3 is 17.9 Å². The van der Waals surface area contributed by atoms with Crippen molar-refractivity contribution in [2.45, 2.75) is 51.2 Å². The van der Waals surface area contributed by atoms with Crippen molar-refractivity contribution in [3.63, 3.8) is 0 Å². The normalized spacial score (nSPS) is 19.9. The number of hydrogen-bond donors (Lipinski definition) is 3. The number of ether oxygens (including phenoxy) is 1. The number of nitro groups is 1. The Morgan fingerprint density at radius 3 is 2.43 bits per heavy atom. The predicted octanol–water partition coefficient (Wildman–Crippen LogP) is 4.15. The molecule has 4 aromatic rings. The van der Waals surface area contributed by atoms with E-state index >= 15 is 0 Å². The van der Waals surface area contributed by atoms with Crippen LogP contribution >= 0.6 is 0 Å². The molecule has 14 heteroatoms. The molecule has 5 rings (SSSR count). The van der Waals surface area contributed by atoms with E-state index in [0.29, 0.717) is 6.54 Å². The van der Waals surface area contributed by atoms with Crippen molar-refractivity contribution in [2.75, 3.05) is 6.61 Å². The Kier molecular flexibility index (Phi) is 9.49. The van der Waals surface area contributed by atoms with Crippen LogP contribution < -0.4 is 5.32 Å². The van der Waals surface area contributed by atoms with E-state index < -0.39 is 46.2 Å². The van der Waals surface area contributed by atoms with Gasteiger partial charge in [0.2, 0.25) is 0 Å². The van der Waals surface area contributed by atoms with Crippen molar-refractivity contribution < 1.29 is 34.3 Å². The first-order valence-electron chi connectivity index (χ1n) is 14.9. The second-order valence-corrected chi connectivity index (χ2v) is 11.5. The van der Waals surface area contributed by atoms with Crippen LogP contribution in [0, 0.1) is 15.5 Å². The lowest BCUT2D eigenvalue weighted by Gasteiger charge is -2.46. The van der Waals surface area contributed by atoms with Gasteiger partial charge in [-0.2, -0.15) is 0 Å². The summed E-state index contributed by atoms with van der Waals surface area (Å²) in [6, 6.07) is 11.8. The number of esters is 1. The zero-order valence-electron chi connectivity index (χ0n) is 25.7. The number of allylic oxidation sites excluding steroid dienone is 1. The van der Waals surface area contributed by atoms with Crippen molar-refractivity contribution in [3.8, 4) is 0 Å². The number of benzene rings is 2. The van der Waals surface area contributed by atoms with E-state index in [9.17, 15) is 34.7 Å². The van der Waals surface area contributed by atoms with Crippen molar-refractivity contribution >= 4 is 23.6 Å². The highest BCUT2D eigenvalue weighted by Gasteiger charge is 2.56. The fraction of sp³-hybridized carbons (Fsp3) is 0.303. The molecule has 4 atom stereocenters. The van der Waals surface area contributed by atoms with E-state index in [-0.39, 0.29) is 42.0 Å². The zero-order valence-corrected chi connectivity index (χ0v) is 25.7. The fourth-order valence-electron chi connectivity index (χ4n) is 6.43. The molecule has 2 aromatic heterocycles. The number of aromatic nitrogens is 4. The summed E-state index contributed by atoms with van der Waals surface area (Å²) >= 11 is 0. The molecule has 0 amide bonds. The molecule has 0 fully saturated rings. The Hall–Kier alpha value is -5.79. The number of carbonyl (C=O) groups is 3. The molecule has 3 heterocycles. The van der Waals surface area contributed by atoms with Crippen LogP contribution in [-0.4, -0.2) is 64.8 Å². The van der Waals surface area contributed by atoms with E-state index in [1.165, 1.54) is 31.2 Å². The topological polar surface area (TPSA) is 192 Å². The van der Waals surface area contributed by atoms with Crippen molar-refractivity contribution in [1.82, 2.24) is 24.4 Å². The second kappa shape index (κ2) is 13.7. The Morgan fingerprint density at radius 2 is 1.81 bits per heavy atom. The molecule has 2 aromatic carbocycles. The van der Waals surface area contributed by atoms with Crippen LogP contribution in [0.2, 0.25) is 0 Å². The third-order valence-electron chi connectivity index (χ3n) is 8.77. The van der Waals surface area contributed by atoms with Crippen molar-refractivity contribution in [3.05, 3.63) is 124 Å². The van der Waals surface area contributed by atoms with E-state index in [2.05, 4.69) is 15.3 Å². The summed E-state index contributed by atoms with van der Waals surface area (Å²) < 4.78 is 9.35. The van der Waals surface area contributed by atoms with E-state index in [1.807, 2.05) is 35.0 Å². The molecule has 14 nitrogen and oxygen atoms in total. The number of rotatable bonds is 13. The lowest BCUT2D eigenvalue weighted by molar-refractivity contribution is -0.384. The number of nitrogens with zero attached hydrogens (tertiary/aromatic N) is 5. The minimum atomic E-state index is -1.84. The highest BCUT2D eigenvalue weighted by Crippen LogP contribution is 2.50. The van der Waals surface area contributed by atoms with E-state index in [0.717, 1.165) is 11.1 Å². The van der Waals surface area contributed by atoms with Gasteiger partial charge in [0.25, 0.3) is 5.69 Å². The summed E-state index contributed by atoms with van der Waals surface area (Å²) in [5.41, 5.74) is -0.0900. The number of carboxylic acids is 2. The molecule has 0 radical (unpaired) electrons. The molecule has 0 aliphatic carbocycles. The molecule has 0 bridgehead atoms. The van der Waals surface area contributed by atoms with Crippen LogP contribution in [0.3, 0.4) is 0 Å². The van der Waals surface area contributed by atoms with Crippen molar-refractivity contribution in [1.29, 1.82) is 0 Å². The average Bonchev–Trinajstić information content (AvgIpc) is 3.76. The Labute approximate surface area is 269 Å². The number of hydrogen-bond acceptors (Lipinski definition) is 9. The van der Waals surface area contributed by atoms with Crippen LogP contribution in [0.4, 0.5) is 5.69 Å². The van der Waals surface area contributed by atoms with Crippen LogP contribution in [0.5, 0.6) is 0 Å². The van der Waals surface area contributed by atoms with Crippen LogP contribution in [0.15, 0.2) is 97.2 Å². The van der Waals surface area contributed by atoms with Gasteiger partial charge in [0.15, 0.2) is 0 Å². The predicted molar refractivity (Wildman–Crippen MR) is 167 cm³/mol. The van der Waals surface area contributed by atoms with E-state index in [4.69, 9.17) is 4.74 Å². The lowest BCUT2D eigenvalue weighted by atomic mass is 9.60. The van der Waals surface area contributed by atoms with Crippen LogP contribution in [0.25, 0.3) is 0 Å². The minimum Gasteiger partial charge on any atom is -0.481 e. The lowest BCUT2D eigenvalue weighted by Crippen LogP contribution is -2.57. The maximum Gasteiger partial charge on any atom is 0.333 e. The maximum atomic E-state index is 13.3. The van der Waals surface area contributed by atoms with E-state index in [1.54, 1.807) is 42.7 Å². The van der Waals surface area contributed by atoms with Gasteiger partial charge in [-0.15, -0.1) is 0 Å². The number of carbonyl (C=O) groups excluding carboxylic acids is 1. The van der Waals surface area contributed by atoms with Gasteiger partial charge in [-0.05, 0) is 30.5 Å². The average molecular weight is 643 g/mol. The fourth-order valence-corrected chi connectivity index (χ4v) is 6.43. The van der Waals surface area contributed by atoms with Crippen LogP contribution in [0.1, 0.15) is 55.3 Å². The van der Waals surface area contributed by atoms with Gasteiger partial charge in [0, 0.05) is 67.5 Å². The van der Waals surface area contributed by atoms with Gasteiger partial charge in [-0.1, -0.05) is 36.4 Å². The number of imidazole rings is 2. The molecule has 1 aliphatic heterocycles. The molecule has 244 valence electrons. The molecular formula is C33H34N6O8. The smallest absolute Gasteiger partial charge is 0.333 e. The summed E-state index contributed by atoms with van der Waals surface area (Å²) in [4.78, 5) is 58.1. The Balaban J connectivity index is 1.38. The number of non-ortho nitro benzene ring substituents is 1. The van der Waals surface area contributed by atoms with Crippen LogP contribution in [-0.2, 0) is 25.7 Å². The van der Waals surface area contributed by atoms with Crippen molar-refractivity contribution in [2.24, 2.45) is 5.41 Å². The number of carboxylic acid groups (broad SMARTS) is 2. The maximum absolute atomic E-state index is 13.3. The standard InChI is InChI=1S/C33H34N6O8/c1-21-29(31(41)42)30(25-4-3-5-26(16-25)39(45)46)33(32(43)44,22(2)36-21)10-15-47-28(40)17-27(38-14-12-35-20-38)24-8-6-23(7-9-24)18-37-13-11-34-19-37/h3-9,11-14,16,19-20,22,27,30,36H,10,15,17-18H2,1-2H3,(H,41,42)(H,43,44). The summed E-state index contributed by atoms with van der Waals surface area (Å²) in [5, 5.41) is 35.4. The highest BCUT2D eigenvalue weighted by atomic mass is 16.6.